The third kappa shape index (κ3) is 6.12. The number of likely N-dealkylation sites (N-methyl/N-ethyl adjacent to an activating group) is 1. The van der Waals surface area contributed by atoms with Crippen LogP contribution in [-0.4, -0.2) is 44.8 Å². The van der Waals surface area contributed by atoms with Crippen LogP contribution in [0.15, 0.2) is 77.7 Å². The first-order valence-corrected chi connectivity index (χ1v) is 13.2. The minimum absolute atomic E-state index is 0.0914. The maximum Gasteiger partial charge on any atom is 0.264 e. The van der Waals surface area contributed by atoms with Crippen LogP contribution < -0.4 is 9.62 Å². The summed E-state index contributed by atoms with van der Waals surface area (Å²) in [4.78, 5) is 27.8. The standard InChI is InChI=1S/C28H33N3O4S/c1-20-13-15-25(16-14-20)36(34,35)31(26-12-7-6-10-22(26)3)19-27(32)30(23(4)28(33)29-5)18-24-11-8-9-21(2)17-24/h6-17,23H,18-19H2,1-5H3,(H,29,33)/t23-/m1/s1. The van der Waals surface area contributed by atoms with Gasteiger partial charge in [-0.1, -0.05) is 65.7 Å². The predicted molar refractivity (Wildman–Crippen MR) is 142 cm³/mol. The molecule has 0 spiro atoms. The molecule has 7 nitrogen and oxygen atoms in total. The van der Waals surface area contributed by atoms with Crippen molar-refractivity contribution in [1.29, 1.82) is 0 Å². The van der Waals surface area contributed by atoms with E-state index in [2.05, 4.69) is 5.32 Å². The third-order valence-electron chi connectivity index (χ3n) is 6.12. The Morgan fingerprint density at radius 1 is 0.889 bits per heavy atom. The van der Waals surface area contributed by atoms with Gasteiger partial charge in [0.25, 0.3) is 10.0 Å². The topological polar surface area (TPSA) is 86.8 Å². The van der Waals surface area contributed by atoms with E-state index in [9.17, 15) is 18.0 Å². The number of anilines is 1. The minimum Gasteiger partial charge on any atom is -0.357 e. The van der Waals surface area contributed by atoms with Gasteiger partial charge in [0.2, 0.25) is 11.8 Å². The second kappa shape index (κ2) is 11.4. The van der Waals surface area contributed by atoms with Crippen molar-refractivity contribution < 1.29 is 18.0 Å². The molecular formula is C28H33N3O4S. The number of aryl methyl sites for hydroxylation is 3. The van der Waals surface area contributed by atoms with E-state index in [0.717, 1.165) is 21.0 Å². The molecule has 0 heterocycles. The number of benzene rings is 3. The van der Waals surface area contributed by atoms with Gasteiger partial charge in [-0.3, -0.25) is 13.9 Å². The van der Waals surface area contributed by atoms with E-state index in [1.54, 1.807) is 44.2 Å². The summed E-state index contributed by atoms with van der Waals surface area (Å²) in [6, 6.07) is 20.4. The highest BCUT2D eigenvalue weighted by atomic mass is 32.2. The number of hydrogen-bond acceptors (Lipinski definition) is 4. The van der Waals surface area contributed by atoms with E-state index in [4.69, 9.17) is 0 Å². The maximum absolute atomic E-state index is 13.8. The van der Waals surface area contributed by atoms with Crippen molar-refractivity contribution in [2.24, 2.45) is 0 Å². The summed E-state index contributed by atoms with van der Waals surface area (Å²) in [7, 11) is -2.56. The van der Waals surface area contributed by atoms with Crippen molar-refractivity contribution in [3.63, 3.8) is 0 Å². The zero-order valence-corrected chi connectivity index (χ0v) is 22.2. The van der Waals surface area contributed by atoms with Gasteiger partial charge in [-0.15, -0.1) is 0 Å². The fourth-order valence-corrected chi connectivity index (χ4v) is 5.47. The lowest BCUT2D eigenvalue weighted by Crippen LogP contribution is -2.50. The van der Waals surface area contributed by atoms with Crippen molar-refractivity contribution in [1.82, 2.24) is 10.2 Å². The fraction of sp³-hybridized carbons (Fsp3) is 0.286. The highest BCUT2D eigenvalue weighted by molar-refractivity contribution is 7.92. The van der Waals surface area contributed by atoms with Crippen LogP contribution in [0.1, 0.15) is 29.2 Å². The van der Waals surface area contributed by atoms with Gasteiger partial charge in [0.05, 0.1) is 10.6 Å². The Morgan fingerprint density at radius 3 is 2.17 bits per heavy atom. The Labute approximate surface area is 213 Å². The fourth-order valence-electron chi connectivity index (χ4n) is 3.99. The zero-order chi connectivity index (χ0) is 26.5. The molecule has 8 heteroatoms. The molecule has 3 rings (SSSR count). The quantitative estimate of drug-likeness (QED) is 0.475. The lowest BCUT2D eigenvalue weighted by Gasteiger charge is -2.32. The third-order valence-corrected chi connectivity index (χ3v) is 7.90. The van der Waals surface area contributed by atoms with E-state index in [1.165, 1.54) is 24.1 Å². The Bertz CT molecular complexity index is 1340. The molecule has 3 aromatic rings. The first-order chi connectivity index (χ1) is 17.0. The molecule has 2 amide bonds. The number of amides is 2. The highest BCUT2D eigenvalue weighted by Crippen LogP contribution is 2.27. The summed E-state index contributed by atoms with van der Waals surface area (Å²) >= 11 is 0. The van der Waals surface area contributed by atoms with E-state index < -0.39 is 28.5 Å². The second-order valence-corrected chi connectivity index (χ2v) is 10.8. The summed E-state index contributed by atoms with van der Waals surface area (Å²) < 4.78 is 28.7. The molecule has 0 fully saturated rings. The van der Waals surface area contributed by atoms with Crippen molar-refractivity contribution in [2.45, 2.75) is 45.2 Å². The highest BCUT2D eigenvalue weighted by Gasteiger charge is 2.32. The van der Waals surface area contributed by atoms with Gasteiger partial charge in [-0.2, -0.15) is 0 Å². The van der Waals surface area contributed by atoms with Crippen LogP contribution in [0.2, 0.25) is 0 Å². The van der Waals surface area contributed by atoms with Gasteiger partial charge in [0.1, 0.15) is 12.6 Å². The smallest absolute Gasteiger partial charge is 0.264 e. The molecule has 0 aliphatic heterocycles. The van der Waals surface area contributed by atoms with Crippen LogP contribution in [0.4, 0.5) is 5.69 Å². The average Bonchev–Trinajstić information content (AvgIpc) is 2.85. The normalized spacial score (nSPS) is 12.0. The molecule has 0 unspecified atom stereocenters. The predicted octanol–water partition coefficient (Wildman–Crippen LogP) is 3.97. The van der Waals surface area contributed by atoms with Crippen molar-refractivity contribution in [2.75, 3.05) is 17.9 Å². The molecular weight excluding hydrogens is 474 g/mol. The maximum atomic E-state index is 13.8. The van der Waals surface area contributed by atoms with Gasteiger partial charge in [0.15, 0.2) is 0 Å². The second-order valence-electron chi connectivity index (χ2n) is 8.91. The molecule has 1 atom stereocenters. The van der Waals surface area contributed by atoms with Crippen molar-refractivity contribution in [3.8, 4) is 0 Å². The van der Waals surface area contributed by atoms with Gasteiger partial charge in [0, 0.05) is 13.6 Å². The van der Waals surface area contributed by atoms with Gasteiger partial charge in [-0.25, -0.2) is 8.42 Å². The number of carbonyl (C=O) groups excluding carboxylic acids is 2. The summed E-state index contributed by atoms with van der Waals surface area (Å²) in [6.45, 7) is 6.98. The minimum atomic E-state index is -4.07. The average molecular weight is 508 g/mol. The van der Waals surface area contributed by atoms with E-state index in [0.29, 0.717) is 11.3 Å². The SMILES string of the molecule is CNC(=O)[C@@H](C)N(Cc1cccc(C)c1)C(=O)CN(c1ccccc1C)S(=O)(=O)c1ccc(C)cc1. The number of para-hydroxylation sites is 1. The largest absolute Gasteiger partial charge is 0.357 e. The number of nitrogens with zero attached hydrogens (tertiary/aromatic N) is 2. The van der Waals surface area contributed by atoms with E-state index in [-0.39, 0.29) is 17.3 Å². The molecule has 190 valence electrons. The Kier molecular flexibility index (Phi) is 8.53. The number of hydrogen-bond donors (Lipinski definition) is 1. The number of sulfonamides is 1. The van der Waals surface area contributed by atoms with Crippen molar-refractivity contribution in [3.05, 3.63) is 95.1 Å². The summed E-state index contributed by atoms with van der Waals surface area (Å²) in [5.41, 5.74) is 3.93. The Balaban J connectivity index is 2.05. The Hall–Kier alpha value is -3.65. The number of nitrogens with one attached hydrogen (secondary N) is 1. The van der Waals surface area contributed by atoms with Crippen molar-refractivity contribution >= 4 is 27.5 Å². The monoisotopic (exact) mass is 507 g/mol. The molecule has 0 bridgehead atoms. The zero-order valence-electron chi connectivity index (χ0n) is 21.4. The number of carbonyl (C=O) groups is 2. The van der Waals surface area contributed by atoms with Crippen LogP contribution in [0.3, 0.4) is 0 Å². The molecule has 1 N–H and O–H groups in total. The van der Waals surface area contributed by atoms with Crippen LogP contribution in [0, 0.1) is 20.8 Å². The van der Waals surface area contributed by atoms with E-state index in [1.807, 2.05) is 44.2 Å². The lowest BCUT2D eigenvalue weighted by atomic mass is 10.1. The summed E-state index contributed by atoms with van der Waals surface area (Å²) in [6.07, 6.45) is 0. The molecule has 0 saturated carbocycles. The molecule has 0 aliphatic carbocycles. The van der Waals surface area contributed by atoms with Gasteiger partial charge in [-0.05, 0) is 57.0 Å². The molecule has 0 radical (unpaired) electrons. The van der Waals surface area contributed by atoms with Gasteiger partial charge >= 0.3 is 0 Å². The van der Waals surface area contributed by atoms with Crippen LogP contribution >= 0.6 is 0 Å². The molecule has 3 aromatic carbocycles. The van der Waals surface area contributed by atoms with Crippen LogP contribution in [-0.2, 0) is 26.2 Å². The van der Waals surface area contributed by atoms with Gasteiger partial charge < -0.3 is 10.2 Å². The molecule has 0 aromatic heterocycles. The van der Waals surface area contributed by atoms with Crippen LogP contribution in [0.25, 0.3) is 0 Å². The molecule has 36 heavy (non-hydrogen) atoms. The molecule has 0 aliphatic rings. The summed E-state index contributed by atoms with van der Waals surface area (Å²) in [5.74, 6) is -0.814. The first-order valence-electron chi connectivity index (χ1n) is 11.8. The summed E-state index contributed by atoms with van der Waals surface area (Å²) in [5, 5.41) is 2.59. The van der Waals surface area contributed by atoms with Crippen LogP contribution in [0.5, 0.6) is 0 Å². The molecule has 0 saturated heterocycles. The number of rotatable bonds is 9. The van der Waals surface area contributed by atoms with E-state index >= 15 is 0 Å². The first kappa shape index (κ1) is 26.9. The lowest BCUT2D eigenvalue weighted by molar-refractivity contribution is -0.139. The Morgan fingerprint density at radius 2 is 1.56 bits per heavy atom.